The molecule has 0 aliphatic heterocycles. The summed E-state index contributed by atoms with van der Waals surface area (Å²) in [4.78, 5) is 14.7. The highest BCUT2D eigenvalue weighted by Gasteiger charge is 2.08. The van der Waals surface area contributed by atoms with Crippen LogP contribution in [0.2, 0.25) is 0 Å². The van der Waals surface area contributed by atoms with E-state index in [4.69, 9.17) is 9.47 Å². The average molecular weight is 213 g/mol. The van der Waals surface area contributed by atoms with Crippen LogP contribution in [-0.2, 0) is 16.0 Å². The molecule has 0 atom stereocenters. The molecule has 0 spiro atoms. The summed E-state index contributed by atoms with van der Waals surface area (Å²) in [5.74, 6) is -0.770. The zero-order valence-corrected chi connectivity index (χ0v) is 8.62. The van der Waals surface area contributed by atoms with Gasteiger partial charge in [0.25, 0.3) is 0 Å². The summed E-state index contributed by atoms with van der Waals surface area (Å²) >= 11 is 0. The van der Waals surface area contributed by atoms with E-state index in [1.54, 1.807) is 6.92 Å². The first-order chi connectivity index (χ1) is 7.15. The van der Waals surface area contributed by atoms with Crippen LogP contribution in [0.5, 0.6) is 5.75 Å². The zero-order chi connectivity index (χ0) is 11.3. The lowest BCUT2D eigenvalue weighted by atomic mass is 10.2. The molecule has 0 amide bonds. The molecule has 0 aliphatic rings. The van der Waals surface area contributed by atoms with Crippen LogP contribution in [0.4, 0.5) is 4.39 Å². The van der Waals surface area contributed by atoms with Gasteiger partial charge in [-0.05, 0) is 6.92 Å². The van der Waals surface area contributed by atoms with Crippen LogP contribution in [-0.4, -0.2) is 24.7 Å². The number of pyridine rings is 1. The Morgan fingerprint density at radius 3 is 2.87 bits per heavy atom. The minimum atomic E-state index is -0.673. The van der Waals surface area contributed by atoms with E-state index in [2.05, 4.69) is 4.98 Å². The standard InChI is InChI=1S/C10H12FNO3/c1-3-15-10(13)5-7-4-8(14-2)6-9(11)12-7/h4,6H,3,5H2,1-2H3. The van der Waals surface area contributed by atoms with Gasteiger partial charge in [-0.25, -0.2) is 4.98 Å². The third kappa shape index (κ3) is 3.53. The van der Waals surface area contributed by atoms with E-state index in [1.165, 1.54) is 13.2 Å². The van der Waals surface area contributed by atoms with Crippen molar-refractivity contribution in [3.05, 3.63) is 23.8 Å². The predicted molar refractivity (Wildman–Crippen MR) is 51.1 cm³/mol. The minimum absolute atomic E-state index is 0.0536. The van der Waals surface area contributed by atoms with E-state index in [0.29, 0.717) is 18.1 Å². The van der Waals surface area contributed by atoms with Gasteiger partial charge >= 0.3 is 5.97 Å². The Morgan fingerprint density at radius 1 is 1.53 bits per heavy atom. The molecule has 5 heteroatoms. The normalized spacial score (nSPS) is 9.80. The number of methoxy groups -OCH3 is 1. The second-order valence-corrected chi connectivity index (χ2v) is 2.80. The molecule has 0 bridgehead atoms. The number of hydrogen-bond donors (Lipinski definition) is 0. The van der Waals surface area contributed by atoms with Gasteiger partial charge in [0.2, 0.25) is 5.95 Å². The average Bonchev–Trinajstić information content (AvgIpc) is 2.17. The molecule has 4 nitrogen and oxygen atoms in total. The van der Waals surface area contributed by atoms with Gasteiger partial charge < -0.3 is 9.47 Å². The number of esters is 1. The molecular formula is C10H12FNO3. The van der Waals surface area contributed by atoms with Gasteiger partial charge in [-0.1, -0.05) is 0 Å². The molecule has 0 aliphatic carbocycles. The number of nitrogens with zero attached hydrogens (tertiary/aromatic N) is 1. The number of hydrogen-bond acceptors (Lipinski definition) is 4. The fourth-order valence-corrected chi connectivity index (χ4v) is 1.09. The monoisotopic (exact) mass is 213 g/mol. The summed E-state index contributed by atoms with van der Waals surface area (Å²) in [6.07, 6.45) is -0.0536. The number of carbonyl (C=O) groups is 1. The van der Waals surface area contributed by atoms with Gasteiger partial charge in [0, 0.05) is 12.1 Å². The molecule has 0 radical (unpaired) electrons. The summed E-state index contributed by atoms with van der Waals surface area (Å²) in [5, 5.41) is 0. The summed E-state index contributed by atoms with van der Waals surface area (Å²) < 4.78 is 22.5. The fourth-order valence-electron chi connectivity index (χ4n) is 1.09. The first kappa shape index (κ1) is 11.4. The maximum atomic E-state index is 12.9. The SMILES string of the molecule is CCOC(=O)Cc1cc(OC)cc(F)n1. The number of ether oxygens (including phenoxy) is 2. The second-order valence-electron chi connectivity index (χ2n) is 2.80. The molecule has 1 rings (SSSR count). The summed E-state index contributed by atoms with van der Waals surface area (Å²) in [6, 6.07) is 2.65. The van der Waals surface area contributed by atoms with Gasteiger partial charge in [0.1, 0.15) is 5.75 Å². The Bertz CT molecular complexity index is 355. The Hall–Kier alpha value is -1.65. The maximum Gasteiger partial charge on any atom is 0.311 e. The van der Waals surface area contributed by atoms with Crippen LogP contribution < -0.4 is 4.74 Å². The lowest BCUT2D eigenvalue weighted by Crippen LogP contribution is -2.09. The van der Waals surface area contributed by atoms with Gasteiger partial charge in [0.05, 0.1) is 25.8 Å². The van der Waals surface area contributed by atoms with Gasteiger partial charge in [-0.2, -0.15) is 4.39 Å². The van der Waals surface area contributed by atoms with Crippen molar-refractivity contribution in [3.63, 3.8) is 0 Å². The van der Waals surface area contributed by atoms with Crippen molar-refractivity contribution in [2.24, 2.45) is 0 Å². The molecule has 0 fully saturated rings. The van der Waals surface area contributed by atoms with E-state index >= 15 is 0 Å². The molecule has 0 aromatic carbocycles. The Kier molecular flexibility index (Phi) is 4.03. The molecule has 0 unspecified atom stereocenters. The smallest absolute Gasteiger partial charge is 0.311 e. The van der Waals surface area contributed by atoms with Crippen LogP contribution in [0.1, 0.15) is 12.6 Å². The summed E-state index contributed by atoms with van der Waals surface area (Å²) in [5.41, 5.74) is 0.297. The fraction of sp³-hybridized carbons (Fsp3) is 0.400. The van der Waals surface area contributed by atoms with E-state index in [0.717, 1.165) is 6.07 Å². The number of aromatic nitrogens is 1. The predicted octanol–water partition coefficient (Wildman–Crippen LogP) is 1.33. The molecule has 1 aromatic heterocycles. The highest BCUT2D eigenvalue weighted by molar-refractivity contribution is 5.72. The van der Waals surface area contributed by atoms with Crippen molar-refractivity contribution in [2.45, 2.75) is 13.3 Å². The molecular weight excluding hydrogens is 201 g/mol. The first-order valence-corrected chi connectivity index (χ1v) is 4.51. The van der Waals surface area contributed by atoms with Gasteiger partial charge in [0.15, 0.2) is 0 Å². The lowest BCUT2D eigenvalue weighted by Gasteiger charge is -2.04. The van der Waals surface area contributed by atoms with Crippen molar-refractivity contribution < 1.29 is 18.7 Å². The van der Waals surface area contributed by atoms with E-state index in [1.807, 2.05) is 0 Å². The molecule has 1 aromatic rings. The molecule has 82 valence electrons. The summed E-state index contributed by atoms with van der Waals surface area (Å²) in [7, 11) is 1.42. The number of carbonyl (C=O) groups excluding carboxylic acids is 1. The maximum absolute atomic E-state index is 12.9. The Morgan fingerprint density at radius 2 is 2.27 bits per heavy atom. The van der Waals surface area contributed by atoms with Crippen molar-refractivity contribution in [1.82, 2.24) is 4.98 Å². The van der Waals surface area contributed by atoms with Gasteiger partial charge in [-0.15, -0.1) is 0 Å². The van der Waals surface area contributed by atoms with Crippen LogP contribution in [0.25, 0.3) is 0 Å². The van der Waals surface area contributed by atoms with Crippen LogP contribution >= 0.6 is 0 Å². The van der Waals surface area contributed by atoms with Crippen LogP contribution in [0.15, 0.2) is 12.1 Å². The molecule has 15 heavy (non-hydrogen) atoms. The third-order valence-electron chi connectivity index (χ3n) is 1.69. The van der Waals surface area contributed by atoms with Crippen molar-refractivity contribution in [1.29, 1.82) is 0 Å². The van der Waals surface area contributed by atoms with Gasteiger partial charge in [-0.3, -0.25) is 4.79 Å². The molecule has 1 heterocycles. The highest BCUT2D eigenvalue weighted by atomic mass is 19.1. The molecule has 0 saturated heterocycles. The zero-order valence-electron chi connectivity index (χ0n) is 8.62. The molecule has 0 N–H and O–H groups in total. The third-order valence-corrected chi connectivity index (χ3v) is 1.69. The second kappa shape index (κ2) is 5.29. The van der Waals surface area contributed by atoms with Crippen LogP contribution in [0.3, 0.4) is 0 Å². The van der Waals surface area contributed by atoms with Crippen molar-refractivity contribution in [2.75, 3.05) is 13.7 Å². The van der Waals surface area contributed by atoms with Crippen LogP contribution in [0, 0.1) is 5.95 Å². The topological polar surface area (TPSA) is 48.4 Å². The van der Waals surface area contributed by atoms with Crippen molar-refractivity contribution >= 4 is 5.97 Å². The Labute approximate surface area is 87.0 Å². The van der Waals surface area contributed by atoms with E-state index < -0.39 is 11.9 Å². The quantitative estimate of drug-likeness (QED) is 0.559. The van der Waals surface area contributed by atoms with E-state index in [9.17, 15) is 9.18 Å². The summed E-state index contributed by atoms with van der Waals surface area (Å²) in [6.45, 7) is 2.00. The number of rotatable bonds is 4. The lowest BCUT2D eigenvalue weighted by molar-refractivity contribution is -0.142. The van der Waals surface area contributed by atoms with Crippen molar-refractivity contribution in [3.8, 4) is 5.75 Å². The van der Waals surface area contributed by atoms with E-state index in [-0.39, 0.29) is 6.42 Å². The number of halogens is 1. The Balaban J connectivity index is 2.76. The minimum Gasteiger partial charge on any atom is -0.497 e. The first-order valence-electron chi connectivity index (χ1n) is 4.51. The molecule has 0 saturated carbocycles. The largest absolute Gasteiger partial charge is 0.497 e. The highest BCUT2D eigenvalue weighted by Crippen LogP contribution is 2.13.